The molecule has 0 N–H and O–H groups in total. The highest BCUT2D eigenvalue weighted by molar-refractivity contribution is 5.82. The van der Waals surface area contributed by atoms with Crippen LogP contribution in [0.25, 0.3) is 0 Å². The molecular weight excluding hydrogens is 174 g/mol. The van der Waals surface area contributed by atoms with Crippen molar-refractivity contribution in [2.75, 3.05) is 6.54 Å². The van der Waals surface area contributed by atoms with E-state index in [0.29, 0.717) is 11.9 Å². The van der Waals surface area contributed by atoms with Gasteiger partial charge in [0.25, 0.3) is 0 Å². The van der Waals surface area contributed by atoms with Gasteiger partial charge in [-0.3, -0.25) is 4.79 Å². The quantitative estimate of drug-likeness (QED) is 0.629. The third-order valence-electron chi connectivity index (χ3n) is 3.37. The van der Waals surface area contributed by atoms with Gasteiger partial charge in [-0.05, 0) is 31.6 Å². The second kappa shape index (κ2) is 3.25. The number of likely N-dealkylation sites (tertiary alicyclic amines) is 1. The Hall–Kier alpha value is -0.530. The number of nitrogens with zero attached hydrogens (tertiary/aromatic N) is 1. The first-order valence-corrected chi connectivity index (χ1v) is 5.81. The normalized spacial score (nSPS) is 28.2. The SMILES string of the molecule is CC(C)(C)C(=O)N1CCCC1C1CC1. The lowest BCUT2D eigenvalue weighted by Gasteiger charge is -2.31. The monoisotopic (exact) mass is 195 g/mol. The molecule has 1 aliphatic heterocycles. The van der Waals surface area contributed by atoms with Gasteiger partial charge in [0.05, 0.1) is 0 Å². The Morgan fingerprint density at radius 2 is 1.86 bits per heavy atom. The molecule has 1 aliphatic carbocycles. The number of carbonyl (C=O) groups excluding carboxylic acids is 1. The molecule has 1 amide bonds. The highest BCUT2D eigenvalue weighted by Crippen LogP contribution is 2.41. The summed E-state index contributed by atoms with van der Waals surface area (Å²) in [4.78, 5) is 14.3. The summed E-state index contributed by atoms with van der Waals surface area (Å²) in [5.74, 6) is 1.19. The second-order valence-corrected chi connectivity index (χ2v) is 5.80. The zero-order valence-electron chi connectivity index (χ0n) is 9.55. The maximum Gasteiger partial charge on any atom is 0.228 e. The van der Waals surface area contributed by atoms with E-state index in [4.69, 9.17) is 0 Å². The number of hydrogen-bond acceptors (Lipinski definition) is 1. The van der Waals surface area contributed by atoms with Crippen LogP contribution in [0.2, 0.25) is 0 Å². The number of carbonyl (C=O) groups is 1. The van der Waals surface area contributed by atoms with E-state index in [9.17, 15) is 4.79 Å². The van der Waals surface area contributed by atoms with E-state index in [-0.39, 0.29) is 5.41 Å². The fourth-order valence-electron chi connectivity index (χ4n) is 2.45. The molecular formula is C12H21NO. The number of hydrogen-bond donors (Lipinski definition) is 0. The molecule has 2 heteroatoms. The van der Waals surface area contributed by atoms with Crippen LogP contribution >= 0.6 is 0 Å². The lowest BCUT2D eigenvalue weighted by atomic mass is 9.94. The van der Waals surface area contributed by atoms with Crippen LogP contribution in [0.4, 0.5) is 0 Å². The Morgan fingerprint density at radius 3 is 2.36 bits per heavy atom. The predicted octanol–water partition coefficient (Wildman–Crippen LogP) is 2.43. The van der Waals surface area contributed by atoms with Crippen LogP contribution in [0.5, 0.6) is 0 Å². The van der Waals surface area contributed by atoms with Crippen LogP contribution in [-0.2, 0) is 4.79 Å². The molecule has 0 aromatic rings. The van der Waals surface area contributed by atoms with Gasteiger partial charge in [-0.25, -0.2) is 0 Å². The average molecular weight is 195 g/mol. The molecule has 0 radical (unpaired) electrons. The Balaban J connectivity index is 2.05. The summed E-state index contributed by atoms with van der Waals surface area (Å²) in [7, 11) is 0. The number of rotatable bonds is 1. The van der Waals surface area contributed by atoms with E-state index in [0.717, 1.165) is 12.5 Å². The highest BCUT2D eigenvalue weighted by atomic mass is 16.2. The fourth-order valence-corrected chi connectivity index (χ4v) is 2.45. The number of amides is 1. The fraction of sp³-hybridized carbons (Fsp3) is 0.917. The average Bonchev–Trinajstić information content (AvgIpc) is 2.81. The molecule has 14 heavy (non-hydrogen) atoms. The molecule has 2 nitrogen and oxygen atoms in total. The first-order valence-electron chi connectivity index (χ1n) is 5.81. The lowest BCUT2D eigenvalue weighted by Crippen LogP contribution is -2.43. The molecule has 1 atom stereocenters. The van der Waals surface area contributed by atoms with Gasteiger partial charge < -0.3 is 4.90 Å². The molecule has 0 aromatic heterocycles. The van der Waals surface area contributed by atoms with E-state index < -0.39 is 0 Å². The maximum atomic E-state index is 12.1. The van der Waals surface area contributed by atoms with Crippen molar-refractivity contribution in [2.45, 2.75) is 52.5 Å². The summed E-state index contributed by atoms with van der Waals surface area (Å²) in [6.07, 6.45) is 5.15. The van der Waals surface area contributed by atoms with Crippen LogP contribution < -0.4 is 0 Å². The molecule has 0 bridgehead atoms. The van der Waals surface area contributed by atoms with E-state index in [1.165, 1.54) is 25.7 Å². The Morgan fingerprint density at radius 1 is 1.21 bits per heavy atom. The molecule has 1 unspecified atom stereocenters. The molecule has 0 aromatic carbocycles. The largest absolute Gasteiger partial charge is 0.339 e. The van der Waals surface area contributed by atoms with Crippen LogP contribution in [0, 0.1) is 11.3 Å². The minimum Gasteiger partial charge on any atom is -0.339 e. The van der Waals surface area contributed by atoms with Crippen molar-refractivity contribution in [3.05, 3.63) is 0 Å². The minimum atomic E-state index is -0.197. The second-order valence-electron chi connectivity index (χ2n) is 5.80. The topological polar surface area (TPSA) is 20.3 Å². The van der Waals surface area contributed by atoms with Crippen LogP contribution in [0.1, 0.15) is 46.5 Å². The smallest absolute Gasteiger partial charge is 0.228 e. The summed E-state index contributed by atoms with van der Waals surface area (Å²) in [6.45, 7) is 7.07. The van der Waals surface area contributed by atoms with Crippen molar-refractivity contribution >= 4 is 5.91 Å². The van der Waals surface area contributed by atoms with Crippen molar-refractivity contribution in [3.8, 4) is 0 Å². The summed E-state index contributed by atoms with van der Waals surface area (Å²) in [5.41, 5.74) is -0.197. The summed E-state index contributed by atoms with van der Waals surface area (Å²) in [6, 6.07) is 0.585. The van der Waals surface area contributed by atoms with E-state index in [1.54, 1.807) is 0 Å². The molecule has 2 fully saturated rings. The first-order chi connectivity index (χ1) is 6.50. The lowest BCUT2D eigenvalue weighted by molar-refractivity contribution is -0.140. The van der Waals surface area contributed by atoms with Crippen LogP contribution in [0.3, 0.4) is 0 Å². The maximum absolute atomic E-state index is 12.1. The van der Waals surface area contributed by atoms with E-state index in [2.05, 4.69) is 4.90 Å². The molecule has 1 saturated heterocycles. The summed E-state index contributed by atoms with van der Waals surface area (Å²) in [5, 5.41) is 0. The summed E-state index contributed by atoms with van der Waals surface area (Å²) >= 11 is 0. The zero-order valence-corrected chi connectivity index (χ0v) is 9.55. The molecule has 1 saturated carbocycles. The Labute approximate surface area is 86.7 Å². The van der Waals surface area contributed by atoms with Crippen LogP contribution in [0.15, 0.2) is 0 Å². The third kappa shape index (κ3) is 1.79. The highest BCUT2D eigenvalue weighted by Gasteiger charge is 2.42. The van der Waals surface area contributed by atoms with Gasteiger partial charge in [0.2, 0.25) is 5.91 Å². The van der Waals surface area contributed by atoms with Gasteiger partial charge in [-0.15, -0.1) is 0 Å². The van der Waals surface area contributed by atoms with Gasteiger partial charge in [-0.2, -0.15) is 0 Å². The predicted molar refractivity (Wildman–Crippen MR) is 56.9 cm³/mol. The standard InChI is InChI=1S/C12H21NO/c1-12(2,3)11(14)13-8-4-5-10(13)9-6-7-9/h9-10H,4-8H2,1-3H3. The summed E-state index contributed by atoms with van der Waals surface area (Å²) < 4.78 is 0. The van der Waals surface area contributed by atoms with Gasteiger partial charge in [0.1, 0.15) is 0 Å². The van der Waals surface area contributed by atoms with Crippen molar-refractivity contribution in [3.63, 3.8) is 0 Å². The van der Waals surface area contributed by atoms with Crippen molar-refractivity contribution in [2.24, 2.45) is 11.3 Å². The Kier molecular flexibility index (Phi) is 2.32. The molecule has 0 spiro atoms. The van der Waals surface area contributed by atoms with Crippen molar-refractivity contribution in [1.29, 1.82) is 0 Å². The van der Waals surface area contributed by atoms with Gasteiger partial charge >= 0.3 is 0 Å². The minimum absolute atomic E-state index is 0.197. The molecule has 80 valence electrons. The molecule has 1 heterocycles. The molecule has 2 aliphatic rings. The third-order valence-corrected chi connectivity index (χ3v) is 3.37. The van der Waals surface area contributed by atoms with Gasteiger partial charge in [0, 0.05) is 18.0 Å². The molecule has 2 rings (SSSR count). The first kappa shape index (κ1) is 10.0. The zero-order chi connectivity index (χ0) is 10.3. The Bertz CT molecular complexity index is 237. The van der Waals surface area contributed by atoms with Crippen molar-refractivity contribution < 1.29 is 4.79 Å². The van der Waals surface area contributed by atoms with Gasteiger partial charge in [-0.1, -0.05) is 20.8 Å². The van der Waals surface area contributed by atoms with Crippen LogP contribution in [-0.4, -0.2) is 23.4 Å². The van der Waals surface area contributed by atoms with E-state index >= 15 is 0 Å². The van der Waals surface area contributed by atoms with Gasteiger partial charge in [0.15, 0.2) is 0 Å². The van der Waals surface area contributed by atoms with E-state index in [1.807, 2.05) is 20.8 Å². The van der Waals surface area contributed by atoms with Crippen molar-refractivity contribution in [1.82, 2.24) is 4.90 Å².